The zero-order valence-corrected chi connectivity index (χ0v) is 10.6. The second kappa shape index (κ2) is 8.81. The highest BCUT2D eigenvalue weighted by molar-refractivity contribution is 5.33. The number of ether oxygens (including phenoxy) is 2. The molecule has 0 radical (unpaired) electrons. The van der Waals surface area contributed by atoms with Crippen LogP contribution in [0.4, 0.5) is 0 Å². The second-order valence-corrected chi connectivity index (χ2v) is 3.55. The molecular weight excluding hydrogens is 212 g/mol. The molecule has 0 aliphatic heterocycles. The van der Waals surface area contributed by atoms with Crippen molar-refractivity contribution in [3.05, 3.63) is 35.9 Å². The van der Waals surface area contributed by atoms with Crippen LogP contribution in [0, 0.1) is 11.8 Å². The van der Waals surface area contributed by atoms with E-state index in [1.54, 1.807) is 0 Å². The molecule has 0 fully saturated rings. The Kier molecular flexibility index (Phi) is 7.13. The van der Waals surface area contributed by atoms with Crippen LogP contribution in [0.25, 0.3) is 0 Å². The Morgan fingerprint density at radius 1 is 1.06 bits per heavy atom. The molecule has 0 aliphatic rings. The first kappa shape index (κ1) is 13.8. The van der Waals surface area contributed by atoms with E-state index < -0.39 is 0 Å². The first-order chi connectivity index (χ1) is 8.36. The van der Waals surface area contributed by atoms with Gasteiger partial charge >= 0.3 is 0 Å². The Balaban J connectivity index is 2.33. The largest absolute Gasteiger partial charge is 0.353 e. The monoisotopic (exact) mass is 232 g/mol. The number of hydrogen-bond acceptors (Lipinski definition) is 2. The van der Waals surface area contributed by atoms with Crippen LogP contribution in [0.15, 0.2) is 30.3 Å². The van der Waals surface area contributed by atoms with Crippen molar-refractivity contribution >= 4 is 0 Å². The average molecular weight is 232 g/mol. The van der Waals surface area contributed by atoms with Crippen LogP contribution < -0.4 is 0 Å². The quantitative estimate of drug-likeness (QED) is 0.554. The van der Waals surface area contributed by atoms with Crippen molar-refractivity contribution in [1.29, 1.82) is 0 Å². The van der Waals surface area contributed by atoms with Crippen LogP contribution in [0.2, 0.25) is 0 Å². The Morgan fingerprint density at radius 2 is 1.71 bits per heavy atom. The van der Waals surface area contributed by atoms with Crippen molar-refractivity contribution in [3.8, 4) is 11.8 Å². The van der Waals surface area contributed by atoms with Crippen LogP contribution in [-0.2, 0) is 9.47 Å². The van der Waals surface area contributed by atoms with E-state index in [0.29, 0.717) is 13.2 Å². The van der Waals surface area contributed by atoms with Gasteiger partial charge in [-0.3, -0.25) is 0 Å². The number of hydrogen-bond donors (Lipinski definition) is 0. The third kappa shape index (κ3) is 6.11. The molecule has 2 nitrogen and oxygen atoms in total. The van der Waals surface area contributed by atoms with Gasteiger partial charge in [-0.15, -0.1) is 0 Å². The Hall–Kier alpha value is -1.30. The Bertz CT molecular complexity index is 342. The van der Waals surface area contributed by atoms with Gasteiger partial charge in [0.1, 0.15) is 0 Å². The van der Waals surface area contributed by atoms with Gasteiger partial charge in [0.15, 0.2) is 6.29 Å². The summed E-state index contributed by atoms with van der Waals surface area (Å²) in [5.41, 5.74) is 1.05. The van der Waals surface area contributed by atoms with Gasteiger partial charge in [0.2, 0.25) is 0 Å². The predicted octanol–water partition coefficient (Wildman–Crippen LogP) is 3.22. The molecule has 17 heavy (non-hydrogen) atoms. The topological polar surface area (TPSA) is 18.5 Å². The molecule has 0 amide bonds. The molecule has 0 saturated heterocycles. The summed E-state index contributed by atoms with van der Waals surface area (Å²) in [6, 6.07) is 10.00. The lowest BCUT2D eigenvalue weighted by Gasteiger charge is -2.14. The van der Waals surface area contributed by atoms with Gasteiger partial charge < -0.3 is 9.47 Å². The van der Waals surface area contributed by atoms with E-state index in [9.17, 15) is 0 Å². The maximum Gasteiger partial charge on any atom is 0.158 e. The highest BCUT2D eigenvalue weighted by atomic mass is 16.7. The Labute approximate surface area is 104 Å². The van der Waals surface area contributed by atoms with Crippen molar-refractivity contribution in [2.24, 2.45) is 0 Å². The molecule has 0 spiro atoms. The number of rotatable bonds is 6. The van der Waals surface area contributed by atoms with Crippen LogP contribution in [0.1, 0.15) is 32.3 Å². The first-order valence-electron chi connectivity index (χ1n) is 6.14. The van der Waals surface area contributed by atoms with Crippen molar-refractivity contribution in [1.82, 2.24) is 0 Å². The summed E-state index contributed by atoms with van der Waals surface area (Å²) in [7, 11) is 0. The molecule has 0 saturated carbocycles. The summed E-state index contributed by atoms with van der Waals surface area (Å²) in [5.74, 6) is 6.26. The van der Waals surface area contributed by atoms with Crippen LogP contribution in [0.5, 0.6) is 0 Å². The van der Waals surface area contributed by atoms with Crippen molar-refractivity contribution in [2.75, 3.05) is 13.2 Å². The fourth-order valence-electron chi connectivity index (χ4n) is 1.46. The fraction of sp³-hybridized carbons (Fsp3) is 0.467. The molecule has 1 aromatic carbocycles. The van der Waals surface area contributed by atoms with Crippen LogP contribution >= 0.6 is 0 Å². The molecule has 0 aromatic heterocycles. The molecule has 0 unspecified atom stereocenters. The molecule has 2 heteroatoms. The molecule has 1 rings (SSSR count). The summed E-state index contributed by atoms with van der Waals surface area (Å²) >= 11 is 0. The fourth-order valence-corrected chi connectivity index (χ4v) is 1.46. The SMILES string of the molecule is CCOC(CCC#Cc1ccccc1)OCC. The van der Waals surface area contributed by atoms with Gasteiger partial charge in [0.25, 0.3) is 0 Å². The van der Waals surface area contributed by atoms with Gasteiger partial charge in [-0.1, -0.05) is 30.0 Å². The normalized spacial score (nSPS) is 10.1. The van der Waals surface area contributed by atoms with Gasteiger partial charge in [0.05, 0.1) is 0 Å². The van der Waals surface area contributed by atoms with Gasteiger partial charge in [-0.05, 0) is 26.0 Å². The lowest BCUT2D eigenvalue weighted by molar-refractivity contribution is -0.138. The predicted molar refractivity (Wildman–Crippen MR) is 69.6 cm³/mol. The highest BCUT2D eigenvalue weighted by Crippen LogP contribution is 2.04. The molecule has 0 aliphatic carbocycles. The van der Waals surface area contributed by atoms with E-state index in [0.717, 1.165) is 18.4 Å². The van der Waals surface area contributed by atoms with Gasteiger partial charge in [0, 0.05) is 31.6 Å². The van der Waals surface area contributed by atoms with Crippen molar-refractivity contribution < 1.29 is 9.47 Å². The van der Waals surface area contributed by atoms with E-state index in [1.165, 1.54) is 0 Å². The molecule has 0 N–H and O–H groups in total. The van der Waals surface area contributed by atoms with Crippen LogP contribution in [-0.4, -0.2) is 19.5 Å². The Morgan fingerprint density at radius 3 is 2.29 bits per heavy atom. The third-order valence-corrected chi connectivity index (χ3v) is 2.22. The van der Waals surface area contributed by atoms with E-state index >= 15 is 0 Å². The summed E-state index contributed by atoms with van der Waals surface area (Å²) < 4.78 is 10.9. The van der Waals surface area contributed by atoms with Gasteiger partial charge in [-0.2, -0.15) is 0 Å². The van der Waals surface area contributed by atoms with E-state index in [1.807, 2.05) is 44.2 Å². The van der Waals surface area contributed by atoms with E-state index in [-0.39, 0.29) is 6.29 Å². The molecule has 92 valence electrons. The standard InChI is InChI=1S/C15H20O2/c1-3-16-15(17-4-2)13-9-8-12-14-10-6-5-7-11-14/h5-7,10-11,15H,3-4,9,13H2,1-2H3. The minimum Gasteiger partial charge on any atom is -0.353 e. The van der Waals surface area contributed by atoms with Gasteiger partial charge in [-0.25, -0.2) is 0 Å². The van der Waals surface area contributed by atoms with E-state index in [4.69, 9.17) is 9.47 Å². The summed E-state index contributed by atoms with van der Waals surface area (Å²) in [4.78, 5) is 0. The maximum atomic E-state index is 5.44. The van der Waals surface area contributed by atoms with Crippen molar-refractivity contribution in [2.45, 2.75) is 33.0 Å². The average Bonchev–Trinajstić information content (AvgIpc) is 2.36. The third-order valence-electron chi connectivity index (χ3n) is 2.22. The minimum atomic E-state index is -0.116. The molecule has 0 bridgehead atoms. The molecule has 1 aromatic rings. The second-order valence-electron chi connectivity index (χ2n) is 3.55. The van der Waals surface area contributed by atoms with E-state index in [2.05, 4.69) is 11.8 Å². The first-order valence-corrected chi connectivity index (χ1v) is 6.14. The zero-order chi connectivity index (χ0) is 12.3. The lowest BCUT2D eigenvalue weighted by atomic mass is 10.2. The summed E-state index contributed by atoms with van der Waals surface area (Å²) in [6.07, 6.45) is 1.50. The van der Waals surface area contributed by atoms with Crippen LogP contribution in [0.3, 0.4) is 0 Å². The molecule has 0 heterocycles. The summed E-state index contributed by atoms with van der Waals surface area (Å²) in [6.45, 7) is 5.30. The minimum absolute atomic E-state index is 0.116. The van der Waals surface area contributed by atoms with Crippen molar-refractivity contribution in [3.63, 3.8) is 0 Å². The highest BCUT2D eigenvalue weighted by Gasteiger charge is 2.05. The zero-order valence-electron chi connectivity index (χ0n) is 10.6. The summed E-state index contributed by atoms with van der Waals surface area (Å²) in [5, 5.41) is 0. The maximum absolute atomic E-state index is 5.44. The molecule has 0 atom stereocenters. The lowest BCUT2D eigenvalue weighted by Crippen LogP contribution is -2.16. The smallest absolute Gasteiger partial charge is 0.158 e. The number of benzene rings is 1. The molecular formula is C15H20O2.